The van der Waals surface area contributed by atoms with Crippen molar-refractivity contribution in [2.24, 2.45) is 0 Å². The van der Waals surface area contributed by atoms with E-state index >= 15 is 0 Å². The standard InChI is InChI=1S/C6H14N2S.HI/c1-4-7-6(9-3)8-5-2;/h4-5H2,1-3H3,(H,7,8);1H. The Hall–Kier alpha value is 0.550. The highest BCUT2D eigenvalue weighted by Crippen LogP contribution is 1.84. The SMILES string of the molecule is CCNC(=[NH+]CC)SC.[I-]. The fourth-order valence-corrected chi connectivity index (χ4v) is 1.11. The first-order valence-corrected chi connectivity index (χ1v) is 4.46. The van der Waals surface area contributed by atoms with Crippen molar-refractivity contribution in [2.45, 2.75) is 13.8 Å². The summed E-state index contributed by atoms with van der Waals surface area (Å²) in [5.74, 6) is 0. The van der Waals surface area contributed by atoms with Crippen LogP contribution in [0, 0.1) is 0 Å². The lowest BCUT2D eigenvalue weighted by atomic mass is 10.7. The summed E-state index contributed by atoms with van der Waals surface area (Å²) >= 11 is 1.71. The van der Waals surface area contributed by atoms with Crippen LogP contribution < -0.4 is 34.3 Å². The van der Waals surface area contributed by atoms with Crippen LogP contribution in [0.25, 0.3) is 0 Å². The highest BCUT2D eigenvalue weighted by atomic mass is 127. The Morgan fingerprint density at radius 2 is 2.10 bits per heavy atom. The topological polar surface area (TPSA) is 26.0 Å². The van der Waals surface area contributed by atoms with Gasteiger partial charge in [-0.3, -0.25) is 10.3 Å². The Morgan fingerprint density at radius 1 is 1.50 bits per heavy atom. The van der Waals surface area contributed by atoms with Crippen LogP contribution in [0.4, 0.5) is 0 Å². The Bertz CT molecular complexity index is 95.7. The van der Waals surface area contributed by atoms with Gasteiger partial charge in [-0.1, -0.05) is 0 Å². The second-order valence-corrected chi connectivity index (χ2v) is 2.41. The van der Waals surface area contributed by atoms with Gasteiger partial charge in [0.15, 0.2) is 0 Å². The summed E-state index contributed by atoms with van der Waals surface area (Å²) in [6.07, 6.45) is 2.06. The van der Waals surface area contributed by atoms with Crippen LogP contribution in [0.5, 0.6) is 0 Å². The van der Waals surface area contributed by atoms with Crippen molar-refractivity contribution in [3.63, 3.8) is 0 Å². The average molecular weight is 274 g/mol. The van der Waals surface area contributed by atoms with Gasteiger partial charge < -0.3 is 24.0 Å². The van der Waals surface area contributed by atoms with E-state index in [0.717, 1.165) is 13.1 Å². The lowest BCUT2D eigenvalue weighted by Gasteiger charge is -1.93. The number of hydrogen-bond acceptors (Lipinski definition) is 1. The molecule has 0 rings (SSSR count). The fraction of sp³-hybridized carbons (Fsp3) is 0.833. The monoisotopic (exact) mass is 274 g/mol. The molecule has 0 aromatic heterocycles. The first-order chi connectivity index (χ1) is 4.35. The van der Waals surface area contributed by atoms with Crippen molar-refractivity contribution in [1.29, 1.82) is 0 Å². The van der Waals surface area contributed by atoms with E-state index in [4.69, 9.17) is 0 Å². The molecular formula is C6H15IN2S. The van der Waals surface area contributed by atoms with Gasteiger partial charge in [-0.25, -0.2) is 0 Å². The molecule has 0 amide bonds. The van der Waals surface area contributed by atoms with Gasteiger partial charge >= 0.3 is 5.17 Å². The maximum Gasteiger partial charge on any atom is 0.303 e. The Labute approximate surface area is 84.3 Å². The van der Waals surface area contributed by atoms with E-state index in [1.165, 1.54) is 5.17 Å². The Kier molecular flexibility index (Phi) is 12.6. The van der Waals surface area contributed by atoms with E-state index in [1.54, 1.807) is 11.8 Å². The maximum atomic E-state index is 3.20. The predicted molar refractivity (Wildman–Crippen MR) is 43.7 cm³/mol. The van der Waals surface area contributed by atoms with Crippen molar-refractivity contribution < 1.29 is 29.0 Å². The van der Waals surface area contributed by atoms with E-state index in [0.29, 0.717) is 0 Å². The maximum absolute atomic E-state index is 3.20. The summed E-state index contributed by atoms with van der Waals surface area (Å²) in [5, 5.41) is 4.37. The first kappa shape index (κ1) is 13.2. The lowest BCUT2D eigenvalue weighted by Crippen LogP contribution is -3.00. The van der Waals surface area contributed by atoms with E-state index in [1.807, 2.05) is 0 Å². The normalized spacial score (nSPS) is 10.5. The van der Waals surface area contributed by atoms with Crippen LogP contribution in [0.15, 0.2) is 0 Å². The van der Waals surface area contributed by atoms with Gasteiger partial charge in [-0.15, -0.1) is 0 Å². The van der Waals surface area contributed by atoms with Gasteiger partial charge in [0.25, 0.3) is 0 Å². The quantitative estimate of drug-likeness (QED) is 0.309. The molecule has 0 aromatic rings. The number of hydrogen-bond donors (Lipinski definition) is 2. The second kappa shape index (κ2) is 9.55. The van der Waals surface area contributed by atoms with Crippen molar-refractivity contribution in [1.82, 2.24) is 5.32 Å². The molecule has 0 aromatic carbocycles. The molecule has 0 saturated carbocycles. The van der Waals surface area contributed by atoms with Crippen LogP contribution >= 0.6 is 11.8 Å². The van der Waals surface area contributed by atoms with Crippen LogP contribution in [0.3, 0.4) is 0 Å². The molecule has 0 heterocycles. The smallest absolute Gasteiger partial charge is 0.303 e. The predicted octanol–water partition coefficient (Wildman–Crippen LogP) is -3.58. The number of amidine groups is 1. The fourth-order valence-electron chi connectivity index (χ4n) is 0.528. The number of rotatable bonds is 2. The minimum Gasteiger partial charge on any atom is -1.00 e. The van der Waals surface area contributed by atoms with E-state index in [2.05, 4.69) is 30.4 Å². The molecule has 0 spiro atoms. The van der Waals surface area contributed by atoms with Gasteiger partial charge in [0.05, 0.1) is 13.1 Å². The van der Waals surface area contributed by atoms with Crippen molar-refractivity contribution in [3.8, 4) is 0 Å². The third-order valence-electron chi connectivity index (χ3n) is 0.879. The summed E-state index contributed by atoms with van der Waals surface area (Å²) in [4.78, 5) is 3.20. The molecule has 10 heavy (non-hydrogen) atoms. The van der Waals surface area contributed by atoms with Crippen LogP contribution in [0.2, 0.25) is 0 Å². The summed E-state index contributed by atoms with van der Waals surface area (Å²) in [6, 6.07) is 0. The molecule has 0 aliphatic heterocycles. The highest BCUT2D eigenvalue weighted by Gasteiger charge is 1.97. The summed E-state index contributed by atoms with van der Waals surface area (Å²) < 4.78 is 0. The molecular weight excluding hydrogens is 259 g/mol. The molecule has 0 unspecified atom stereocenters. The van der Waals surface area contributed by atoms with Crippen molar-refractivity contribution in [3.05, 3.63) is 0 Å². The molecule has 0 aliphatic carbocycles. The molecule has 0 fully saturated rings. The van der Waals surface area contributed by atoms with Gasteiger partial charge in [0.1, 0.15) is 0 Å². The van der Waals surface area contributed by atoms with E-state index in [-0.39, 0.29) is 24.0 Å². The molecule has 2 N–H and O–H groups in total. The third kappa shape index (κ3) is 6.67. The average Bonchev–Trinajstić information content (AvgIpc) is 1.88. The zero-order valence-electron chi connectivity index (χ0n) is 6.70. The van der Waals surface area contributed by atoms with E-state index < -0.39 is 0 Å². The molecule has 0 radical (unpaired) electrons. The molecule has 4 heteroatoms. The molecule has 0 bridgehead atoms. The molecule has 0 atom stereocenters. The molecule has 0 aliphatic rings. The van der Waals surface area contributed by atoms with Crippen LogP contribution in [-0.2, 0) is 0 Å². The summed E-state index contributed by atoms with van der Waals surface area (Å²) in [6.45, 7) is 6.16. The largest absolute Gasteiger partial charge is 1.00 e. The second-order valence-electron chi connectivity index (χ2n) is 1.59. The van der Waals surface area contributed by atoms with Gasteiger partial charge in [-0.05, 0) is 31.9 Å². The van der Waals surface area contributed by atoms with Crippen LogP contribution in [0.1, 0.15) is 13.8 Å². The zero-order chi connectivity index (χ0) is 7.11. The van der Waals surface area contributed by atoms with Crippen molar-refractivity contribution >= 4 is 16.9 Å². The summed E-state index contributed by atoms with van der Waals surface area (Å²) in [7, 11) is 0. The number of nitrogens with one attached hydrogen (secondary N) is 2. The van der Waals surface area contributed by atoms with E-state index in [9.17, 15) is 0 Å². The Morgan fingerprint density at radius 3 is 2.40 bits per heavy atom. The zero-order valence-corrected chi connectivity index (χ0v) is 9.67. The molecule has 0 saturated heterocycles. The molecule has 2 nitrogen and oxygen atoms in total. The number of halogens is 1. The van der Waals surface area contributed by atoms with Gasteiger partial charge in [-0.2, -0.15) is 0 Å². The first-order valence-electron chi connectivity index (χ1n) is 3.23. The number of thioether (sulfide) groups is 1. The minimum absolute atomic E-state index is 0. The van der Waals surface area contributed by atoms with Gasteiger partial charge in [0, 0.05) is 0 Å². The van der Waals surface area contributed by atoms with Crippen LogP contribution in [-0.4, -0.2) is 24.5 Å². The third-order valence-corrected chi connectivity index (χ3v) is 1.58. The van der Waals surface area contributed by atoms with Gasteiger partial charge in [0.2, 0.25) is 0 Å². The lowest BCUT2D eigenvalue weighted by molar-refractivity contribution is -0.451. The summed E-state index contributed by atoms with van der Waals surface area (Å²) in [5.41, 5.74) is 0. The van der Waals surface area contributed by atoms with Crippen molar-refractivity contribution in [2.75, 3.05) is 19.3 Å². The minimum atomic E-state index is 0. The highest BCUT2D eigenvalue weighted by molar-refractivity contribution is 8.12. The molecule has 62 valence electrons. The Balaban J connectivity index is 0.